The summed E-state index contributed by atoms with van der Waals surface area (Å²) in [5, 5.41) is 5.61. The number of nitrogens with one attached hydrogen (secondary N) is 1. The summed E-state index contributed by atoms with van der Waals surface area (Å²) in [4.78, 5) is 0. The third-order valence-electron chi connectivity index (χ3n) is 0.691. The Morgan fingerprint density at radius 3 is 2.70 bits per heavy atom. The van der Waals surface area contributed by atoms with E-state index in [4.69, 9.17) is 0 Å². The van der Waals surface area contributed by atoms with Crippen LogP contribution in [-0.4, -0.2) is 16.8 Å². The maximum atomic E-state index is 11.3. The van der Waals surface area contributed by atoms with E-state index in [1.807, 2.05) is 0 Å². The molecule has 0 saturated carbocycles. The van der Waals surface area contributed by atoms with Crippen molar-refractivity contribution in [3.63, 3.8) is 0 Å². The van der Waals surface area contributed by atoms with Crippen molar-refractivity contribution < 1.29 is 13.5 Å². The van der Waals surface area contributed by atoms with E-state index in [1.165, 1.54) is 12.3 Å². The van der Waals surface area contributed by atoms with Crippen LogP contribution >= 0.6 is 12.4 Å². The van der Waals surface area contributed by atoms with Crippen molar-refractivity contribution in [3.8, 4) is 5.88 Å². The summed E-state index contributed by atoms with van der Waals surface area (Å²) in [5.74, 6) is -0.0231. The van der Waals surface area contributed by atoms with Crippen molar-refractivity contribution in [3.05, 3.63) is 12.3 Å². The number of H-pyrrole nitrogens is 1. The van der Waals surface area contributed by atoms with Crippen LogP contribution in [0.1, 0.15) is 0 Å². The second-order valence-corrected chi connectivity index (χ2v) is 1.30. The number of rotatable bonds is 2. The zero-order valence-electron chi connectivity index (χ0n) is 4.75. The first-order valence-electron chi connectivity index (χ1n) is 2.23. The van der Waals surface area contributed by atoms with Crippen molar-refractivity contribution in [1.82, 2.24) is 10.2 Å². The van der Waals surface area contributed by atoms with E-state index < -0.39 is 6.61 Å². The summed E-state index contributed by atoms with van der Waals surface area (Å²) in [6.45, 7) is -2.79. The van der Waals surface area contributed by atoms with E-state index in [9.17, 15) is 8.78 Å². The minimum atomic E-state index is -2.79. The standard InChI is InChI=1S/C4H4F2N2O.ClH/c5-4(6)9-3-1-2-7-8-3;/h1-2,4H,(H,7,8);1H. The molecule has 3 nitrogen and oxygen atoms in total. The van der Waals surface area contributed by atoms with E-state index >= 15 is 0 Å². The highest BCUT2D eigenvalue weighted by atomic mass is 35.5. The molecule has 0 bridgehead atoms. The topological polar surface area (TPSA) is 37.9 Å². The van der Waals surface area contributed by atoms with Crippen LogP contribution in [0.25, 0.3) is 0 Å². The minimum absolute atomic E-state index is 0. The molecule has 0 aromatic carbocycles. The van der Waals surface area contributed by atoms with Crippen molar-refractivity contribution in [1.29, 1.82) is 0 Å². The highest BCUT2D eigenvalue weighted by molar-refractivity contribution is 5.85. The van der Waals surface area contributed by atoms with Gasteiger partial charge in [-0.3, -0.25) is 0 Å². The number of hydrogen-bond donors (Lipinski definition) is 1. The lowest BCUT2D eigenvalue weighted by Gasteiger charge is -1.97. The van der Waals surface area contributed by atoms with Crippen molar-refractivity contribution in [2.24, 2.45) is 0 Å². The molecule has 0 unspecified atom stereocenters. The molecule has 0 atom stereocenters. The van der Waals surface area contributed by atoms with Crippen LogP contribution in [0.4, 0.5) is 8.78 Å². The lowest BCUT2D eigenvalue weighted by atomic mass is 10.7. The number of hydrogen-bond acceptors (Lipinski definition) is 2. The van der Waals surface area contributed by atoms with Crippen molar-refractivity contribution >= 4 is 12.4 Å². The van der Waals surface area contributed by atoms with Gasteiger partial charge in [-0.15, -0.1) is 12.4 Å². The Kier molecular flexibility index (Phi) is 3.71. The minimum Gasteiger partial charge on any atom is -0.417 e. The van der Waals surface area contributed by atoms with Crippen molar-refractivity contribution in [2.75, 3.05) is 0 Å². The molecule has 0 aliphatic heterocycles. The molecule has 0 amide bonds. The van der Waals surface area contributed by atoms with Gasteiger partial charge in [-0.05, 0) is 0 Å². The maximum absolute atomic E-state index is 11.3. The summed E-state index contributed by atoms with van der Waals surface area (Å²) in [5.41, 5.74) is 0. The van der Waals surface area contributed by atoms with Gasteiger partial charge in [0.25, 0.3) is 0 Å². The highest BCUT2D eigenvalue weighted by Gasteiger charge is 2.02. The number of aromatic nitrogens is 2. The summed E-state index contributed by atoms with van der Waals surface area (Å²) < 4.78 is 26.6. The van der Waals surface area contributed by atoms with E-state index in [1.54, 1.807) is 0 Å². The molecule has 0 spiro atoms. The fourth-order valence-corrected chi connectivity index (χ4v) is 0.405. The number of ether oxygens (including phenoxy) is 1. The Labute approximate surface area is 61.8 Å². The second kappa shape index (κ2) is 4.05. The molecule has 1 heterocycles. The first kappa shape index (κ1) is 9.16. The van der Waals surface area contributed by atoms with Crippen LogP contribution in [-0.2, 0) is 0 Å². The van der Waals surface area contributed by atoms with Crippen LogP contribution in [0.5, 0.6) is 5.88 Å². The van der Waals surface area contributed by atoms with Gasteiger partial charge in [-0.25, -0.2) is 5.10 Å². The van der Waals surface area contributed by atoms with Gasteiger partial charge in [-0.2, -0.15) is 13.9 Å². The number of aromatic amines is 1. The summed E-state index contributed by atoms with van der Waals surface area (Å²) in [7, 11) is 0. The molecule has 0 saturated heterocycles. The normalized spacial score (nSPS) is 9.10. The van der Waals surface area contributed by atoms with E-state index in [2.05, 4.69) is 14.9 Å². The molecule has 0 aliphatic carbocycles. The number of alkyl halides is 2. The number of nitrogens with zero attached hydrogens (tertiary/aromatic N) is 1. The van der Waals surface area contributed by atoms with Crippen LogP contribution in [0.2, 0.25) is 0 Å². The number of halogens is 3. The maximum Gasteiger partial charge on any atom is 0.388 e. The third-order valence-corrected chi connectivity index (χ3v) is 0.691. The SMILES string of the molecule is Cl.FC(F)Oc1ccn[nH]1. The molecule has 10 heavy (non-hydrogen) atoms. The van der Waals surface area contributed by atoms with E-state index in [-0.39, 0.29) is 18.3 Å². The Morgan fingerprint density at radius 1 is 1.60 bits per heavy atom. The molecular formula is C4H5ClF2N2O. The Morgan fingerprint density at radius 2 is 2.30 bits per heavy atom. The molecule has 0 radical (unpaired) electrons. The van der Waals surface area contributed by atoms with Crippen LogP contribution < -0.4 is 4.74 Å². The van der Waals surface area contributed by atoms with Gasteiger partial charge >= 0.3 is 6.61 Å². The van der Waals surface area contributed by atoms with Gasteiger partial charge in [0, 0.05) is 6.07 Å². The lowest BCUT2D eigenvalue weighted by molar-refractivity contribution is -0.0528. The first-order chi connectivity index (χ1) is 4.29. The van der Waals surface area contributed by atoms with Gasteiger partial charge in [0.2, 0.25) is 5.88 Å². The predicted octanol–water partition coefficient (Wildman–Crippen LogP) is 1.43. The van der Waals surface area contributed by atoms with Gasteiger partial charge in [0.15, 0.2) is 0 Å². The van der Waals surface area contributed by atoms with Crippen LogP contribution in [0, 0.1) is 0 Å². The van der Waals surface area contributed by atoms with Gasteiger partial charge in [0.05, 0.1) is 6.20 Å². The summed E-state index contributed by atoms with van der Waals surface area (Å²) in [6.07, 6.45) is 1.33. The molecule has 6 heteroatoms. The second-order valence-electron chi connectivity index (χ2n) is 1.30. The largest absolute Gasteiger partial charge is 0.417 e. The lowest BCUT2D eigenvalue weighted by Crippen LogP contribution is -2.01. The smallest absolute Gasteiger partial charge is 0.388 e. The van der Waals surface area contributed by atoms with E-state index in [0.29, 0.717) is 0 Å². The quantitative estimate of drug-likeness (QED) is 0.729. The van der Waals surface area contributed by atoms with Gasteiger partial charge in [-0.1, -0.05) is 0 Å². The Hall–Kier alpha value is -0.840. The van der Waals surface area contributed by atoms with Crippen LogP contribution in [0.3, 0.4) is 0 Å². The van der Waals surface area contributed by atoms with Gasteiger partial charge < -0.3 is 4.74 Å². The first-order valence-corrected chi connectivity index (χ1v) is 2.23. The molecule has 0 aliphatic rings. The monoisotopic (exact) mass is 170 g/mol. The molecule has 0 fully saturated rings. The molecule has 1 aromatic rings. The third kappa shape index (κ3) is 2.63. The summed E-state index contributed by atoms with van der Waals surface area (Å²) in [6, 6.07) is 1.31. The predicted molar refractivity (Wildman–Crippen MR) is 32.5 cm³/mol. The van der Waals surface area contributed by atoms with Gasteiger partial charge in [0.1, 0.15) is 0 Å². The fraction of sp³-hybridized carbons (Fsp3) is 0.250. The molecule has 1 N–H and O–H groups in total. The molecule has 1 aromatic heterocycles. The molecular weight excluding hydrogens is 166 g/mol. The van der Waals surface area contributed by atoms with E-state index in [0.717, 1.165) is 0 Å². The Balaban J connectivity index is 0.000000810. The highest BCUT2D eigenvalue weighted by Crippen LogP contribution is 2.06. The Bertz CT molecular complexity index is 168. The fourth-order valence-electron chi connectivity index (χ4n) is 0.405. The van der Waals surface area contributed by atoms with Crippen LogP contribution in [0.15, 0.2) is 12.3 Å². The zero-order chi connectivity index (χ0) is 6.69. The molecule has 58 valence electrons. The summed E-state index contributed by atoms with van der Waals surface area (Å²) >= 11 is 0. The molecule has 1 rings (SSSR count). The zero-order valence-corrected chi connectivity index (χ0v) is 5.57. The average molecular weight is 171 g/mol. The van der Waals surface area contributed by atoms with Crippen molar-refractivity contribution in [2.45, 2.75) is 6.61 Å². The average Bonchev–Trinajstić information content (AvgIpc) is 2.15.